The van der Waals surface area contributed by atoms with Crippen molar-refractivity contribution < 1.29 is 0 Å². The largest absolute Gasteiger partial charge is 0.370 e. The second-order valence-electron chi connectivity index (χ2n) is 14.7. The molecule has 0 aromatic rings. The van der Waals surface area contributed by atoms with Gasteiger partial charge in [0.2, 0.25) is 0 Å². The SMILES string of the molecule is CC(C)C1=CN=CC1.CC(C)C1=CN=CC1.CC(C)N.CC(C)N.CC(C)N(C)C.CC(C)N(C)C.CC(C)N=C(N)N.CC(C)N=C(N)N. The summed E-state index contributed by atoms with van der Waals surface area (Å²) in [5, 5.41) is 0. The lowest BCUT2D eigenvalue weighted by molar-refractivity contribution is 0.335. The fourth-order valence-electron chi connectivity index (χ4n) is 2.08. The molecule has 0 saturated carbocycles. The predicted octanol–water partition coefficient (Wildman–Crippen LogP) is 5.96. The zero-order valence-corrected chi connectivity index (χ0v) is 36.5. The van der Waals surface area contributed by atoms with Crippen LogP contribution in [-0.2, 0) is 0 Å². The van der Waals surface area contributed by atoms with E-state index in [9.17, 15) is 0 Å². The summed E-state index contributed by atoms with van der Waals surface area (Å²) in [5.41, 5.74) is 33.2. The van der Waals surface area contributed by atoms with Crippen molar-refractivity contribution in [2.75, 3.05) is 28.2 Å². The summed E-state index contributed by atoms with van der Waals surface area (Å²) in [5.74, 6) is 1.68. The fraction of sp³-hybridized carbons (Fsp3) is 0.789. The number of nitrogens with zero attached hydrogens (tertiary/aromatic N) is 6. The van der Waals surface area contributed by atoms with E-state index in [1.54, 1.807) is 0 Å². The Balaban J connectivity index is -0.000000112. The van der Waals surface area contributed by atoms with Gasteiger partial charge in [0, 0.05) is 61.8 Å². The number of hydrogen-bond donors (Lipinski definition) is 6. The van der Waals surface area contributed by atoms with E-state index in [0.29, 0.717) is 36.0 Å². The van der Waals surface area contributed by atoms with Gasteiger partial charge in [0.25, 0.3) is 0 Å². The lowest BCUT2D eigenvalue weighted by Gasteiger charge is -2.12. The Morgan fingerprint density at radius 2 is 0.720 bits per heavy atom. The van der Waals surface area contributed by atoms with Crippen LogP contribution in [0.2, 0.25) is 0 Å². The van der Waals surface area contributed by atoms with E-state index in [-0.39, 0.29) is 24.0 Å². The molecule has 0 spiro atoms. The highest BCUT2D eigenvalue weighted by atomic mass is 15.1. The van der Waals surface area contributed by atoms with Gasteiger partial charge in [0.05, 0.1) is 0 Å². The summed E-state index contributed by atoms with van der Waals surface area (Å²) in [6.07, 6.45) is 9.97. The van der Waals surface area contributed by atoms with Crippen molar-refractivity contribution in [2.45, 2.75) is 160 Å². The van der Waals surface area contributed by atoms with E-state index >= 15 is 0 Å². The average Bonchev–Trinajstić information content (AvgIpc) is 3.63. The topological polar surface area (TPSA) is 212 Å². The molecule has 0 amide bonds. The van der Waals surface area contributed by atoms with Gasteiger partial charge in [-0.1, -0.05) is 55.4 Å². The molecular weight excluding hydrogens is 625 g/mol. The minimum atomic E-state index is 0.162. The van der Waals surface area contributed by atoms with E-state index < -0.39 is 0 Å². The van der Waals surface area contributed by atoms with Gasteiger partial charge in [-0.2, -0.15) is 0 Å². The summed E-state index contributed by atoms with van der Waals surface area (Å²) in [6, 6.07) is 2.46. The summed E-state index contributed by atoms with van der Waals surface area (Å²) < 4.78 is 0. The predicted molar refractivity (Wildman–Crippen MR) is 230 cm³/mol. The quantitative estimate of drug-likeness (QED) is 0.143. The van der Waals surface area contributed by atoms with Crippen LogP contribution in [0.1, 0.15) is 124 Å². The lowest BCUT2D eigenvalue weighted by Crippen LogP contribution is -2.24. The van der Waals surface area contributed by atoms with Crippen LogP contribution >= 0.6 is 0 Å². The molecule has 50 heavy (non-hydrogen) atoms. The minimum Gasteiger partial charge on any atom is -0.370 e. The first-order chi connectivity index (χ1) is 22.6. The molecule has 0 aliphatic carbocycles. The van der Waals surface area contributed by atoms with Crippen LogP contribution in [-0.4, -0.2) is 98.6 Å². The summed E-state index contributed by atoms with van der Waals surface area (Å²) in [7, 11) is 8.30. The zero-order chi connectivity index (χ0) is 41.2. The van der Waals surface area contributed by atoms with E-state index in [4.69, 9.17) is 34.4 Å². The molecule has 0 aromatic heterocycles. The number of rotatable bonds is 6. The fourth-order valence-corrected chi connectivity index (χ4v) is 2.08. The molecule has 2 rings (SSSR count). The van der Waals surface area contributed by atoms with Gasteiger partial charge in [-0.05, 0) is 119 Å². The Morgan fingerprint density at radius 1 is 0.520 bits per heavy atom. The second-order valence-corrected chi connectivity index (χ2v) is 14.7. The number of allylic oxidation sites excluding steroid dienone is 2. The van der Waals surface area contributed by atoms with Gasteiger partial charge < -0.3 is 44.2 Å². The van der Waals surface area contributed by atoms with E-state index in [1.807, 2.05) is 80.2 Å². The van der Waals surface area contributed by atoms with Crippen LogP contribution in [0, 0.1) is 11.8 Å². The Labute approximate surface area is 311 Å². The lowest BCUT2D eigenvalue weighted by atomic mass is 10.0. The van der Waals surface area contributed by atoms with Crippen molar-refractivity contribution in [3.05, 3.63) is 23.5 Å². The highest BCUT2D eigenvalue weighted by Crippen LogP contribution is 2.16. The Bertz CT molecular complexity index is 807. The van der Waals surface area contributed by atoms with Crippen molar-refractivity contribution in [2.24, 2.45) is 66.2 Å². The molecule has 12 nitrogen and oxygen atoms in total. The van der Waals surface area contributed by atoms with Gasteiger partial charge in [0.1, 0.15) is 0 Å². The Hall–Kier alpha value is -2.80. The molecule has 0 atom stereocenters. The standard InChI is InChI=1S/2C7H11N.2C5H13N.2C4H11N3.2C3H9N/c2*1-6(2)7-3-4-8-5-7;2*1-5(2)6(3)4;2*1-3(2)7-4(5)6;2*1-3(2)4/h2*4-6H,3H2,1-2H3;2*5H,1-4H3;2*3H,1-2H3,(H4,5,6,7);2*3H,4H2,1-2H3. The third kappa shape index (κ3) is 71.3. The average molecular weight is 713 g/mol. The van der Waals surface area contributed by atoms with Crippen LogP contribution in [0.25, 0.3) is 0 Å². The van der Waals surface area contributed by atoms with Crippen molar-refractivity contribution in [3.8, 4) is 0 Å². The molecule has 12 heteroatoms. The minimum absolute atomic E-state index is 0.162. The van der Waals surface area contributed by atoms with Crippen molar-refractivity contribution in [3.63, 3.8) is 0 Å². The third-order valence-electron chi connectivity index (χ3n) is 5.71. The van der Waals surface area contributed by atoms with Gasteiger partial charge in [-0.3, -0.25) is 20.0 Å². The maximum absolute atomic E-state index is 5.11. The van der Waals surface area contributed by atoms with Crippen LogP contribution in [0.5, 0.6) is 0 Å². The number of aliphatic imine (C=N–C) groups is 4. The van der Waals surface area contributed by atoms with E-state index in [0.717, 1.165) is 12.8 Å². The van der Waals surface area contributed by atoms with Crippen molar-refractivity contribution in [1.29, 1.82) is 0 Å². The third-order valence-corrected chi connectivity index (χ3v) is 5.71. The first kappa shape index (κ1) is 59.4. The smallest absolute Gasteiger partial charge is 0.186 e. The molecular formula is C38H88N12. The summed E-state index contributed by atoms with van der Waals surface area (Å²) in [6.45, 7) is 32.9. The second kappa shape index (κ2) is 39.0. The number of hydrogen-bond acceptors (Lipinski definition) is 8. The Morgan fingerprint density at radius 3 is 0.760 bits per heavy atom. The van der Waals surface area contributed by atoms with E-state index in [1.165, 1.54) is 11.1 Å². The molecule has 2 heterocycles. The van der Waals surface area contributed by atoms with Crippen molar-refractivity contribution >= 4 is 24.3 Å². The molecule has 0 radical (unpaired) electrons. The Kier molecular flexibility index (Phi) is 46.3. The van der Waals surface area contributed by atoms with Crippen LogP contribution in [0.15, 0.2) is 43.5 Å². The summed E-state index contributed by atoms with van der Waals surface area (Å²) in [4.78, 5) is 19.8. The number of guanidine groups is 2. The maximum Gasteiger partial charge on any atom is 0.186 e. The molecule has 0 aromatic carbocycles. The maximum atomic E-state index is 5.11. The molecule has 0 fully saturated rings. The highest BCUT2D eigenvalue weighted by molar-refractivity contribution is 5.76. The van der Waals surface area contributed by atoms with E-state index in [2.05, 4.69) is 113 Å². The molecule has 12 N–H and O–H groups in total. The molecule has 0 bridgehead atoms. The molecule has 0 saturated heterocycles. The van der Waals surface area contributed by atoms with Gasteiger partial charge in [-0.25, -0.2) is 0 Å². The number of nitrogens with two attached hydrogens (primary N) is 6. The summed E-state index contributed by atoms with van der Waals surface area (Å²) >= 11 is 0. The van der Waals surface area contributed by atoms with Crippen LogP contribution in [0.4, 0.5) is 0 Å². The molecule has 2 aliphatic rings. The van der Waals surface area contributed by atoms with Crippen LogP contribution in [0.3, 0.4) is 0 Å². The first-order valence-corrected chi connectivity index (χ1v) is 18.0. The highest BCUT2D eigenvalue weighted by Gasteiger charge is 2.04. The van der Waals surface area contributed by atoms with Gasteiger partial charge in [-0.15, -0.1) is 0 Å². The molecule has 0 unspecified atom stereocenters. The normalized spacial score (nSPS) is 12.2. The van der Waals surface area contributed by atoms with Gasteiger partial charge in [0.15, 0.2) is 11.9 Å². The van der Waals surface area contributed by atoms with Crippen molar-refractivity contribution in [1.82, 2.24) is 9.80 Å². The van der Waals surface area contributed by atoms with Crippen LogP contribution < -0.4 is 34.4 Å². The molecule has 300 valence electrons. The monoisotopic (exact) mass is 713 g/mol. The zero-order valence-electron chi connectivity index (χ0n) is 36.5. The first-order valence-electron chi connectivity index (χ1n) is 18.0. The molecule has 2 aliphatic heterocycles. The van der Waals surface area contributed by atoms with Gasteiger partial charge >= 0.3 is 0 Å².